The van der Waals surface area contributed by atoms with Crippen LogP contribution in [0, 0.1) is 10.1 Å². The fraction of sp³-hybridized carbons (Fsp3) is 0.364. The largest absolute Gasteiger partial charge is 0.507 e. The molecule has 1 N–H and O–H groups in total. The van der Waals surface area contributed by atoms with E-state index in [1.165, 1.54) is 24.4 Å². The SMILES string of the molecule is O=[N+]([O-])c1ccc(O)c(C=NN2CCOCC2)c1. The number of nitro groups is 1. The van der Waals surface area contributed by atoms with Crippen molar-refractivity contribution >= 4 is 11.9 Å². The molecule has 1 heterocycles. The quantitative estimate of drug-likeness (QED) is 0.491. The number of ether oxygens (including phenoxy) is 1. The lowest BCUT2D eigenvalue weighted by atomic mass is 10.2. The molecule has 0 saturated carbocycles. The lowest BCUT2D eigenvalue weighted by molar-refractivity contribution is -0.384. The molecule has 1 aromatic carbocycles. The molecule has 0 amide bonds. The van der Waals surface area contributed by atoms with Crippen molar-refractivity contribution in [3.63, 3.8) is 0 Å². The van der Waals surface area contributed by atoms with Gasteiger partial charge < -0.3 is 9.84 Å². The lowest BCUT2D eigenvalue weighted by Crippen LogP contribution is -2.32. The third kappa shape index (κ3) is 2.95. The van der Waals surface area contributed by atoms with E-state index in [2.05, 4.69) is 5.10 Å². The highest BCUT2D eigenvalue weighted by atomic mass is 16.6. The Kier molecular flexibility index (Phi) is 3.73. The van der Waals surface area contributed by atoms with E-state index in [1.807, 2.05) is 0 Å². The number of hydrogen-bond acceptors (Lipinski definition) is 6. The Labute approximate surface area is 103 Å². The number of nitro benzene ring substituents is 1. The highest BCUT2D eigenvalue weighted by molar-refractivity contribution is 5.84. The summed E-state index contributed by atoms with van der Waals surface area (Å²) in [5.41, 5.74) is 0.256. The Morgan fingerprint density at radius 3 is 2.83 bits per heavy atom. The van der Waals surface area contributed by atoms with Gasteiger partial charge in [-0.1, -0.05) is 0 Å². The highest BCUT2D eigenvalue weighted by Crippen LogP contribution is 2.21. The van der Waals surface area contributed by atoms with Crippen LogP contribution in [-0.4, -0.2) is 47.6 Å². The van der Waals surface area contributed by atoms with Gasteiger partial charge in [-0.05, 0) is 6.07 Å². The van der Waals surface area contributed by atoms with Crippen molar-refractivity contribution in [2.75, 3.05) is 26.3 Å². The van der Waals surface area contributed by atoms with Gasteiger partial charge in [0.15, 0.2) is 0 Å². The molecular weight excluding hydrogens is 238 g/mol. The Morgan fingerprint density at radius 2 is 2.17 bits per heavy atom. The van der Waals surface area contributed by atoms with Gasteiger partial charge in [-0.15, -0.1) is 0 Å². The number of non-ortho nitro benzene ring substituents is 1. The van der Waals surface area contributed by atoms with Gasteiger partial charge >= 0.3 is 0 Å². The summed E-state index contributed by atoms with van der Waals surface area (Å²) in [6, 6.07) is 3.83. The number of nitrogens with zero attached hydrogens (tertiary/aromatic N) is 3. The molecule has 0 aromatic heterocycles. The summed E-state index contributed by atoms with van der Waals surface area (Å²) >= 11 is 0. The van der Waals surface area contributed by atoms with Gasteiger partial charge in [0.05, 0.1) is 37.4 Å². The predicted molar refractivity (Wildman–Crippen MR) is 64.7 cm³/mol. The average Bonchev–Trinajstić information content (AvgIpc) is 2.38. The molecule has 2 rings (SSSR count). The van der Waals surface area contributed by atoms with Gasteiger partial charge in [0.25, 0.3) is 5.69 Å². The molecule has 1 aliphatic heterocycles. The molecule has 1 aromatic rings. The summed E-state index contributed by atoms with van der Waals surface area (Å²) in [4.78, 5) is 10.1. The predicted octanol–water partition coefficient (Wildman–Crippen LogP) is 0.966. The maximum atomic E-state index is 10.6. The van der Waals surface area contributed by atoms with Crippen molar-refractivity contribution in [3.8, 4) is 5.75 Å². The Hall–Kier alpha value is -2.15. The van der Waals surface area contributed by atoms with Crippen molar-refractivity contribution in [3.05, 3.63) is 33.9 Å². The zero-order valence-corrected chi connectivity index (χ0v) is 9.65. The Balaban J connectivity index is 2.14. The lowest BCUT2D eigenvalue weighted by Gasteiger charge is -2.23. The third-order valence-electron chi connectivity index (χ3n) is 2.57. The molecule has 1 aliphatic rings. The second-order valence-electron chi connectivity index (χ2n) is 3.81. The van der Waals surface area contributed by atoms with E-state index < -0.39 is 4.92 Å². The fourth-order valence-corrected chi connectivity index (χ4v) is 1.57. The smallest absolute Gasteiger partial charge is 0.270 e. The van der Waals surface area contributed by atoms with E-state index in [0.29, 0.717) is 31.9 Å². The van der Waals surface area contributed by atoms with E-state index in [9.17, 15) is 15.2 Å². The van der Waals surface area contributed by atoms with Gasteiger partial charge in [-0.3, -0.25) is 15.1 Å². The van der Waals surface area contributed by atoms with Crippen LogP contribution in [0.25, 0.3) is 0 Å². The van der Waals surface area contributed by atoms with E-state index in [1.54, 1.807) is 5.01 Å². The Bertz CT molecular complexity index is 469. The second kappa shape index (κ2) is 5.46. The molecule has 0 unspecified atom stereocenters. The number of rotatable bonds is 3. The van der Waals surface area contributed by atoms with Crippen molar-refractivity contribution in [1.82, 2.24) is 5.01 Å². The van der Waals surface area contributed by atoms with E-state index in [-0.39, 0.29) is 11.4 Å². The van der Waals surface area contributed by atoms with Crippen molar-refractivity contribution in [2.45, 2.75) is 0 Å². The molecule has 0 bridgehead atoms. The molecule has 0 atom stereocenters. The van der Waals surface area contributed by atoms with Crippen LogP contribution in [0.5, 0.6) is 5.75 Å². The zero-order valence-electron chi connectivity index (χ0n) is 9.65. The minimum atomic E-state index is -0.508. The standard InChI is InChI=1S/C11H13N3O4/c15-11-2-1-10(14(16)17)7-9(11)8-12-13-3-5-18-6-4-13/h1-2,7-8,15H,3-6H2. The van der Waals surface area contributed by atoms with Gasteiger partial charge in [0.2, 0.25) is 0 Å². The molecular formula is C11H13N3O4. The number of hydrogen-bond donors (Lipinski definition) is 1. The second-order valence-corrected chi connectivity index (χ2v) is 3.81. The number of aromatic hydroxyl groups is 1. The van der Waals surface area contributed by atoms with Crippen LogP contribution < -0.4 is 0 Å². The summed E-state index contributed by atoms with van der Waals surface area (Å²) in [7, 11) is 0. The third-order valence-corrected chi connectivity index (χ3v) is 2.57. The maximum absolute atomic E-state index is 10.6. The number of hydrazone groups is 1. The maximum Gasteiger partial charge on any atom is 0.270 e. The highest BCUT2D eigenvalue weighted by Gasteiger charge is 2.10. The molecule has 1 saturated heterocycles. The van der Waals surface area contributed by atoms with Crippen LogP contribution in [-0.2, 0) is 4.74 Å². The summed E-state index contributed by atoms with van der Waals surface area (Å²) in [6.07, 6.45) is 1.42. The molecule has 1 fully saturated rings. The van der Waals surface area contributed by atoms with Crippen LogP contribution >= 0.6 is 0 Å². The first-order chi connectivity index (χ1) is 8.66. The normalized spacial score (nSPS) is 16.1. The summed E-state index contributed by atoms with van der Waals surface area (Å²) in [6.45, 7) is 2.56. The van der Waals surface area contributed by atoms with Crippen LogP contribution in [0.1, 0.15) is 5.56 Å². The fourth-order valence-electron chi connectivity index (χ4n) is 1.57. The van der Waals surface area contributed by atoms with Crippen molar-refractivity contribution in [2.24, 2.45) is 5.10 Å². The summed E-state index contributed by atoms with van der Waals surface area (Å²) < 4.78 is 5.17. The minimum Gasteiger partial charge on any atom is -0.507 e. The van der Waals surface area contributed by atoms with Gasteiger partial charge in [0.1, 0.15) is 5.75 Å². The average molecular weight is 251 g/mol. The first kappa shape index (κ1) is 12.3. The molecule has 0 radical (unpaired) electrons. The van der Waals surface area contributed by atoms with Gasteiger partial charge in [-0.2, -0.15) is 5.10 Å². The van der Waals surface area contributed by atoms with E-state index >= 15 is 0 Å². The van der Waals surface area contributed by atoms with E-state index in [4.69, 9.17) is 4.74 Å². The Morgan fingerprint density at radius 1 is 1.44 bits per heavy atom. The monoisotopic (exact) mass is 251 g/mol. The van der Waals surface area contributed by atoms with Crippen LogP contribution in [0.3, 0.4) is 0 Å². The number of phenols is 1. The van der Waals surface area contributed by atoms with Crippen molar-refractivity contribution in [1.29, 1.82) is 0 Å². The van der Waals surface area contributed by atoms with Crippen LogP contribution in [0.15, 0.2) is 23.3 Å². The topological polar surface area (TPSA) is 88.2 Å². The van der Waals surface area contributed by atoms with Crippen LogP contribution in [0.2, 0.25) is 0 Å². The molecule has 18 heavy (non-hydrogen) atoms. The first-order valence-corrected chi connectivity index (χ1v) is 5.51. The molecule has 7 heteroatoms. The van der Waals surface area contributed by atoms with Gasteiger partial charge in [-0.25, -0.2) is 0 Å². The zero-order chi connectivity index (χ0) is 13.0. The summed E-state index contributed by atoms with van der Waals surface area (Å²) in [5.74, 6) is -0.0300. The van der Waals surface area contributed by atoms with Crippen LogP contribution in [0.4, 0.5) is 5.69 Å². The molecule has 96 valence electrons. The molecule has 7 nitrogen and oxygen atoms in total. The minimum absolute atomic E-state index is 0.0300. The number of benzene rings is 1. The number of morpholine rings is 1. The van der Waals surface area contributed by atoms with Crippen molar-refractivity contribution < 1.29 is 14.8 Å². The van der Waals surface area contributed by atoms with Gasteiger partial charge in [0, 0.05) is 17.7 Å². The first-order valence-electron chi connectivity index (χ1n) is 5.51. The summed E-state index contributed by atoms with van der Waals surface area (Å²) in [5, 5.41) is 26.2. The molecule has 0 aliphatic carbocycles. The van der Waals surface area contributed by atoms with E-state index in [0.717, 1.165) is 0 Å². The molecule has 0 spiro atoms. The number of phenolic OH excluding ortho intramolecular Hbond substituents is 1.